The molecule has 2 aromatic rings. The van der Waals surface area contributed by atoms with Gasteiger partial charge in [-0.05, 0) is 19.1 Å². The molecule has 1 unspecified atom stereocenters. The van der Waals surface area contributed by atoms with Gasteiger partial charge in [-0.15, -0.1) is 0 Å². The zero-order valence-electron chi connectivity index (χ0n) is 14.3. The van der Waals surface area contributed by atoms with E-state index in [9.17, 15) is 4.79 Å². The predicted molar refractivity (Wildman–Crippen MR) is 100 cm³/mol. The second kappa shape index (κ2) is 9.08. The molecule has 0 bridgehead atoms. The van der Waals surface area contributed by atoms with Crippen molar-refractivity contribution in [1.29, 1.82) is 5.41 Å². The van der Waals surface area contributed by atoms with E-state index in [-0.39, 0.29) is 17.0 Å². The number of rotatable bonds is 8. The van der Waals surface area contributed by atoms with Crippen LogP contribution in [0.5, 0.6) is 0 Å². The van der Waals surface area contributed by atoms with Crippen LogP contribution in [0.15, 0.2) is 35.7 Å². The highest BCUT2D eigenvalue weighted by molar-refractivity contribution is 6.32. The molecule has 2 aromatic heterocycles. The number of pyridine rings is 1. The molecule has 2 rings (SSSR count). The summed E-state index contributed by atoms with van der Waals surface area (Å²) >= 11 is 6.26. The predicted octanol–water partition coefficient (Wildman–Crippen LogP) is 3.02. The monoisotopic (exact) mass is 360 g/mol. The van der Waals surface area contributed by atoms with E-state index in [0.717, 1.165) is 5.69 Å². The van der Waals surface area contributed by atoms with E-state index in [2.05, 4.69) is 15.1 Å². The summed E-state index contributed by atoms with van der Waals surface area (Å²) in [5, 5.41) is 11.5. The maximum Gasteiger partial charge on any atom is 0.231 e. The Kier molecular flexibility index (Phi) is 6.82. The molecule has 0 aliphatic carbocycles. The molecule has 1 atom stereocenters. The number of anilines is 1. The van der Waals surface area contributed by atoms with E-state index in [0.29, 0.717) is 25.2 Å². The average molecular weight is 361 g/mol. The van der Waals surface area contributed by atoms with Crippen LogP contribution in [0.25, 0.3) is 5.69 Å². The molecular formula is C17H21ClN6O. The first kappa shape index (κ1) is 18.8. The van der Waals surface area contributed by atoms with Gasteiger partial charge in [-0.25, -0.2) is 4.68 Å². The quantitative estimate of drug-likeness (QED) is 0.734. The molecule has 0 radical (unpaired) electrons. The van der Waals surface area contributed by atoms with Crippen LogP contribution in [-0.2, 0) is 4.79 Å². The summed E-state index contributed by atoms with van der Waals surface area (Å²) in [6, 6.07) is 3.67. The highest BCUT2D eigenvalue weighted by atomic mass is 35.5. The maximum absolute atomic E-state index is 12.7. The molecule has 0 saturated heterocycles. The van der Waals surface area contributed by atoms with Crippen LogP contribution in [0, 0.1) is 11.3 Å². The van der Waals surface area contributed by atoms with Gasteiger partial charge in [0.1, 0.15) is 5.69 Å². The molecule has 0 spiro atoms. The lowest BCUT2D eigenvalue weighted by atomic mass is 10.1. The minimum absolute atomic E-state index is 0.0675. The lowest BCUT2D eigenvalue weighted by Crippen LogP contribution is -2.36. The Morgan fingerprint density at radius 2 is 2.36 bits per heavy atom. The number of hydrogen-bond acceptors (Lipinski definition) is 5. The second-order valence-corrected chi connectivity index (χ2v) is 5.79. The summed E-state index contributed by atoms with van der Waals surface area (Å²) in [4.78, 5) is 22.6. The molecule has 8 heteroatoms. The van der Waals surface area contributed by atoms with Crippen LogP contribution in [-0.4, -0.2) is 46.2 Å². The fourth-order valence-electron chi connectivity index (χ4n) is 2.30. The maximum atomic E-state index is 12.7. The average Bonchev–Trinajstić information content (AvgIpc) is 3.01. The smallest absolute Gasteiger partial charge is 0.231 e. The molecule has 1 N–H and O–H groups in total. The number of aromatic nitrogens is 3. The van der Waals surface area contributed by atoms with Crippen molar-refractivity contribution in [2.75, 3.05) is 18.0 Å². The lowest BCUT2D eigenvalue weighted by molar-refractivity contribution is -0.121. The van der Waals surface area contributed by atoms with Crippen molar-refractivity contribution >= 4 is 35.6 Å². The van der Waals surface area contributed by atoms with Crippen LogP contribution >= 0.6 is 11.6 Å². The topological polar surface area (TPSA) is 87.2 Å². The molecule has 25 heavy (non-hydrogen) atoms. The van der Waals surface area contributed by atoms with Crippen LogP contribution in [0.2, 0.25) is 5.15 Å². The molecule has 2 heterocycles. The zero-order valence-corrected chi connectivity index (χ0v) is 15.0. The molecule has 0 aliphatic heterocycles. The van der Waals surface area contributed by atoms with Crippen LogP contribution in [0.3, 0.4) is 0 Å². The summed E-state index contributed by atoms with van der Waals surface area (Å²) in [5.41, 5.74) is 1.33. The van der Waals surface area contributed by atoms with Crippen molar-refractivity contribution in [3.8, 4) is 5.69 Å². The van der Waals surface area contributed by atoms with E-state index in [1.54, 1.807) is 34.4 Å². The Hall–Kier alpha value is -2.54. The number of carbonyl (C=O) groups excluding carboxylic acids is 1. The highest BCUT2D eigenvalue weighted by Gasteiger charge is 2.24. The molecule has 0 fully saturated rings. The molecule has 132 valence electrons. The number of hydrogen-bond donors (Lipinski definition) is 1. The van der Waals surface area contributed by atoms with Crippen molar-refractivity contribution in [3.05, 3.63) is 35.9 Å². The molecular weight excluding hydrogens is 340 g/mol. The summed E-state index contributed by atoms with van der Waals surface area (Å²) in [5.74, 6) is -0.359. The standard InChI is InChI=1S/C17H21ClN6O/c1-3-23(17(25)13(2)10-20-9-5-7-19)15-12-24(22-16(15)18)14-6-4-8-21-11-14/h4,6-9,11-13,19H,3,5,10H2,1-2H3. The number of amides is 1. The summed E-state index contributed by atoms with van der Waals surface area (Å²) in [7, 11) is 0. The number of halogens is 1. The molecule has 7 nitrogen and oxygen atoms in total. The number of nitrogens with one attached hydrogen (secondary N) is 1. The van der Waals surface area contributed by atoms with E-state index in [1.807, 2.05) is 26.0 Å². The van der Waals surface area contributed by atoms with Crippen LogP contribution < -0.4 is 4.90 Å². The first-order chi connectivity index (χ1) is 12.1. The zero-order chi connectivity index (χ0) is 18.2. The third-order valence-electron chi connectivity index (χ3n) is 3.59. The number of carbonyl (C=O) groups is 1. The SMILES string of the molecule is CCN(C(=O)C(C)CN=CCC=N)c1cn(-c2cccnc2)nc1Cl. The van der Waals surface area contributed by atoms with Gasteiger partial charge in [0.05, 0.1) is 24.0 Å². The van der Waals surface area contributed by atoms with Crippen molar-refractivity contribution in [1.82, 2.24) is 14.8 Å². The number of aliphatic imine (C=N–C) groups is 1. The first-order valence-corrected chi connectivity index (χ1v) is 8.40. The molecule has 1 amide bonds. The third kappa shape index (κ3) is 4.73. The van der Waals surface area contributed by atoms with Crippen molar-refractivity contribution in [3.63, 3.8) is 0 Å². The number of nitrogens with zero attached hydrogens (tertiary/aromatic N) is 5. The van der Waals surface area contributed by atoms with Crippen molar-refractivity contribution in [2.45, 2.75) is 20.3 Å². The van der Waals surface area contributed by atoms with E-state index >= 15 is 0 Å². The van der Waals surface area contributed by atoms with Crippen molar-refractivity contribution in [2.24, 2.45) is 10.9 Å². The van der Waals surface area contributed by atoms with E-state index in [1.165, 1.54) is 6.21 Å². The van der Waals surface area contributed by atoms with Gasteiger partial charge in [-0.3, -0.25) is 14.8 Å². The summed E-state index contributed by atoms with van der Waals surface area (Å²) in [6.45, 7) is 4.57. The Bertz CT molecular complexity index is 743. The van der Waals surface area contributed by atoms with Gasteiger partial charge < -0.3 is 10.3 Å². The minimum Gasteiger partial charge on any atom is -0.313 e. The van der Waals surface area contributed by atoms with Crippen molar-refractivity contribution < 1.29 is 4.79 Å². The molecule has 0 saturated carbocycles. The summed E-state index contributed by atoms with van der Waals surface area (Å²) in [6.07, 6.45) is 8.46. The van der Waals surface area contributed by atoms with E-state index < -0.39 is 0 Å². The van der Waals surface area contributed by atoms with Gasteiger partial charge in [0.25, 0.3) is 0 Å². The normalized spacial score (nSPS) is 12.3. The Morgan fingerprint density at radius 1 is 1.56 bits per heavy atom. The Labute approximate surface area is 151 Å². The van der Waals surface area contributed by atoms with Gasteiger partial charge in [-0.2, -0.15) is 5.10 Å². The van der Waals surface area contributed by atoms with Crippen LogP contribution in [0.4, 0.5) is 5.69 Å². The summed E-state index contributed by atoms with van der Waals surface area (Å²) < 4.78 is 1.60. The highest BCUT2D eigenvalue weighted by Crippen LogP contribution is 2.27. The van der Waals surface area contributed by atoms with Gasteiger partial charge >= 0.3 is 0 Å². The van der Waals surface area contributed by atoms with Gasteiger partial charge in [-0.1, -0.05) is 18.5 Å². The molecule has 0 aromatic carbocycles. The first-order valence-electron chi connectivity index (χ1n) is 8.02. The van der Waals surface area contributed by atoms with Gasteiger partial charge in [0.15, 0.2) is 5.15 Å². The molecule has 0 aliphatic rings. The third-order valence-corrected chi connectivity index (χ3v) is 3.86. The Balaban J connectivity index is 2.18. The Morgan fingerprint density at radius 3 is 3.00 bits per heavy atom. The fraction of sp³-hybridized carbons (Fsp3) is 0.353. The minimum atomic E-state index is -0.292. The largest absolute Gasteiger partial charge is 0.313 e. The second-order valence-electron chi connectivity index (χ2n) is 5.43. The van der Waals surface area contributed by atoms with Crippen LogP contribution in [0.1, 0.15) is 20.3 Å². The lowest BCUT2D eigenvalue weighted by Gasteiger charge is -2.22. The van der Waals surface area contributed by atoms with Gasteiger partial charge in [0.2, 0.25) is 5.91 Å². The van der Waals surface area contributed by atoms with Gasteiger partial charge in [0, 0.05) is 38.1 Å². The fourth-order valence-corrected chi connectivity index (χ4v) is 2.53. The van der Waals surface area contributed by atoms with E-state index in [4.69, 9.17) is 17.0 Å².